The van der Waals surface area contributed by atoms with Gasteiger partial charge in [-0.25, -0.2) is 0 Å². The third-order valence-electron chi connectivity index (χ3n) is 1.34. The van der Waals surface area contributed by atoms with Crippen LogP contribution in [-0.4, -0.2) is 5.71 Å². The Hall–Kier alpha value is -0.850. The Labute approximate surface area is 63.2 Å². The summed E-state index contributed by atoms with van der Waals surface area (Å²) in [5, 5.41) is 0. The first-order valence-electron chi connectivity index (χ1n) is 3.57. The van der Waals surface area contributed by atoms with Gasteiger partial charge in [0.15, 0.2) is 0 Å². The van der Waals surface area contributed by atoms with E-state index < -0.39 is 0 Å². The van der Waals surface area contributed by atoms with Crippen molar-refractivity contribution in [3.63, 3.8) is 0 Å². The lowest BCUT2D eigenvalue weighted by Gasteiger charge is -1.94. The van der Waals surface area contributed by atoms with Crippen LogP contribution in [0, 0.1) is 0 Å². The highest BCUT2D eigenvalue weighted by molar-refractivity contribution is 5.82. The Morgan fingerprint density at radius 2 is 2.20 bits per heavy atom. The van der Waals surface area contributed by atoms with E-state index in [-0.39, 0.29) is 0 Å². The monoisotopic (exact) mass is 137 g/mol. The van der Waals surface area contributed by atoms with Gasteiger partial charge in [-0.15, -0.1) is 0 Å². The lowest BCUT2D eigenvalue weighted by Crippen LogP contribution is -1.87. The highest BCUT2D eigenvalue weighted by atomic mass is 14.7. The zero-order chi connectivity index (χ0) is 7.98. The van der Waals surface area contributed by atoms with E-state index in [9.17, 15) is 0 Å². The van der Waals surface area contributed by atoms with E-state index >= 15 is 0 Å². The maximum Gasteiger partial charge on any atom is 0.0580 e. The van der Waals surface area contributed by atoms with E-state index in [1.54, 1.807) is 6.08 Å². The third kappa shape index (κ3) is 3.23. The summed E-state index contributed by atoms with van der Waals surface area (Å²) in [6.45, 7) is 9.72. The normalized spacial score (nSPS) is 13.5. The maximum absolute atomic E-state index is 4.29. The first-order chi connectivity index (χ1) is 4.74. The fourth-order valence-electron chi connectivity index (χ4n) is 0.527. The van der Waals surface area contributed by atoms with Crippen molar-refractivity contribution < 1.29 is 0 Å². The van der Waals surface area contributed by atoms with Crippen LogP contribution in [0.25, 0.3) is 0 Å². The van der Waals surface area contributed by atoms with Crippen LogP contribution in [0.2, 0.25) is 0 Å². The van der Waals surface area contributed by atoms with Crippen LogP contribution in [0.5, 0.6) is 0 Å². The van der Waals surface area contributed by atoms with Gasteiger partial charge in [-0.3, -0.25) is 4.99 Å². The molecule has 0 aromatic rings. The molecule has 0 radical (unpaired) electrons. The summed E-state index contributed by atoms with van der Waals surface area (Å²) in [5.74, 6) is 0. The van der Waals surface area contributed by atoms with Crippen LogP contribution in [0.15, 0.2) is 29.4 Å². The van der Waals surface area contributed by atoms with Gasteiger partial charge in [0.05, 0.1) is 5.70 Å². The number of hydrogen-bond donors (Lipinski definition) is 0. The summed E-state index contributed by atoms with van der Waals surface area (Å²) >= 11 is 0. The quantitative estimate of drug-likeness (QED) is 0.419. The molecule has 0 unspecified atom stereocenters. The summed E-state index contributed by atoms with van der Waals surface area (Å²) < 4.78 is 0. The van der Waals surface area contributed by atoms with Gasteiger partial charge in [-0.1, -0.05) is 19.6 Å². The molecule has 0 rings (SSSR count). The molecule has 10 heavy (non-hydrogen) atoms. The topological polar surface area (TPSA) is 12.4 Å². The van der Waals surface area contributed by atoms with Crippen molar-refractivity contribution in [2.45, 2.75) is 27.2 Å². The van der Waals surface area contributed by atoms with E-state index in [2.05, 4.69) is 18.5 Å². The molecule has 0 aromatic heterocycles. The first-order valence-corrected chi connectivity index (χ1v) is 3.57. The predicted molar refractivity (Wildman–Crippen MR) is 47.4 cm³/mol. The molecule has 0 atom stereocenters. The van der Waals surface area contributed by atoms with Crippen molar-refractivity contribution in [1.29, 1.82) is 0 Å². The molecule has 0 saturated heterocycles. The fourth-order valence-corrected chi connectivity index (χ4v) is 0.527. The molecule has 0 aliphatic heterocycles. The van der Waals surface area contributed by atoms with Gasteiger partial charge < -0.3 is 0 Å². The second-order valence-electron chi connectivity index (χ2n) is 2.12. The largest absolute Gasteiger partial charge is 0.259 e. The molecule has 0 aliphatic rings. The molecular formula is C9H15N. The van der Waals surface area contributed by atoms with Crippen LogP contribution >= 0.6 is 0 Å². The van der Waals surface area contributed by atoms with Gasteiger partial charge in [0.25, 0.3) is 0 Å². The SMILES string of the molecule is C=C/C(=C/C)N=C(C)CC. The molecule has 56 valence electrons. The Bertz CT molecular complexity index is 164. The molecule has 0 saturated carbocycles. The minimum atomic E-state index is 0.958. The van der Waals surface area contributed by atoms with Crippen LogP contribution in [0.1, 0.15) is 27.2 Å². The smallest absolute Gasteiger partial charge is 0.0580 e. The van der Waals surface area contributed by atoms with Gasteiger partial charge in [0, 0.05) is 5.71 Å². The summed E-state index contributed by atoms with van der Waals surface area (Å²) in [5.41, 5.74) is 2.10. The van der Waals surface area contributed by atoms with Gasteiger partial charge in [-0.05, 0) is 26.3 Å². The summed E-state index contributed by atoms with van der Waals surface area (Å²) in [6.07, 6.45) is 4.72. The standard InChI is InChI=1S/C9H15N/c1-5-8(4)10-9(6-2)7-3/h6-7H,2,5H2,1,3-4H3/b9-7-,10-8?. The summed E-state index contributed by atoms with van der Waals surface area (Å²) in [6, 6.07) is 0. The second-order valence-corrected chi connectivity index (χ2v) is 2.12. The number of hydrogen-bond acceptors (Lipinski definition) is 1. The van der Waals surface area contributed by atoms with Gasteiger partial charge in [0.2, 0.25) is 0 Å². The van der Waals surface area contributed by atoms with Gasteiger partial charge in [0.1, 0.15) is 0 Å². The van der Waals surface area contributed by atoms with Crippen LogP contribution in [0.4, 0.5) is 0 Å². The van der Waals surface area contributed by atoms with E-state index in [1.807, 2.05) is 19.9 Å². The average molecular weight is 137 g/mol. The Morgan fingerprint density at radius 1 is 1.60 bits per heavy atom. The lowest BCUT2D eigenvalue weighted by molar-refractivity contribution is 1.23. The number of nitrogens with zero attached hydrogens (tertiary/aromatic N) is 1. The summed E-state index contributed by atoms with van der Waals surface area (Å²) in [4.78, 5) is 4.29. The van der Waals surface area contributed by atoms with E-state index in [4.69, 9.17) is 0 Å². The molecule has 0 spiro atoms. The second kappa shape index (κ2) is 4.98. The van der Waals surface area contributed by atoms with Crippen LogP contribution < -0.4 is 0 Å². The lowest BCUT2D eigenvalue weighted by atomic mass is 10.3. The molecule has 1 heteroatoms. The predicted octanol–water partition coefficient (Wildman–Crippen LogP) is 2.95. The summed E-state index contributed by atoms with van der Waals surface area (Å²) in [7, 11) is 0. The molecule has 0 fully saturated rings. The van der Waals surface area contributed by atoms with Crippen LogP contribution in [-0.2, 0) is 0 Å². The molecule has 0 aliphatic carbocycles. The first kappa shape index (κ1) is 9.15. The number of allylic oxidation sites excluding steroid dienone is 2. The van der Waals surface area contributed by atoms with Crippen LogP contribution in [0.3, 0.4) is 0 Å². The Morgan fingerprint density at radius 3 is 2.50 bits per heavy atom. The Kier molecular flexibility index (Phi) is 4.55. The van der Waals surface area contributed by atoms with Crippen molar-refractivity contribution in [2.24, 2.45) is 4.99 Å². The molecule has 0 heterocycles. The minimum Gasteiger partial charge on any atom is -0.259 e. The van der Waals surface area contributed by atoms with E-state index in [0.29, 0.717) is 0 Å². The highest BCUT2D eigenvalue weighted by Gasteiger charge is 1.86. The molecular weight excluding hydrogens is 122 g/mol. The Balaban J connectivity index is 4.22. The average Bonchev–Trinajstić information content (AvgIpc) is 1.99. The van der Waals surface area contributed by atoms with Crippen molar-refractivity contribution >= 4 is 5.71 Å². The van der Waals surface area contributed by atoms with Crippen molar-refractivity contribution in [3.05, 3.63) is 24.4 Å². The highest BCUT2D eigenvalue weighted by Crippen LogP contribution is 1.99. The number of rotatable bonds is 3. The van der Waals surface area contributed by atoms with E-state index in [0.717, 1.165) is 17.8 Å². The zero-order valence-corrected chi connectivity index (χ0v) is 7.02. The minimum absolute atomic E-state index is 0.958. The maximum atomic E-state index is 4.29. The molecule has 1 nitrogen and oxygen atoms in total. The number of aliphatic imine (C=N–C) groups is 1. The van der Waals surface area contributed by atoms with Crippen molar-refractivity contribution in [1.82, 2.24) is 0 Å². The van der Waals surface area contributed by atoms with Crippen molar-refractivity contribution in [3.8, 4) is 0 Å². The molecule has 0 amide bonds. The van der Waals surface area contributed by atoms with Gasteiger partial charge >= 0.3 is 0 Å². The zero-order valence-electron chi connectivity index (χ0n) is 7.02. The third-order valence-corrected chi connectivity index (χ3v) is 1.34. The molecule has 0 N–H and O–H groups in total. The van der Waals surface area contributed by atoms with E-state index in [1.165, 1.54) is 0 Å². The molecule has 0 aromatic carbocycles. The van der Waals surface area contributed by atoms with Gasteiger partial charge in [-0.2, -0.15) is 0 Å². The van der Waals surface area contributed by atoms with Crippen molar-refractivity contribution in [2.75, 3.05) is 0 Å². The molecule has 0 bridgehead atoms. The fraction of sp³-hybridized carbons (Fsp3) is 0.444.